The van der Waals surface area contributed by atoms with Crippen molar-refractivity contribution in [2.75, 3.05) is 27.3 Å². The van der Waals surface area contributed by atoms with Gasteiger partial charge in [-0.1, -0.05) is 0 Å². The van der Waals surface area contributed by atoms with Crippen LogP contribution < -0.4 is 15.0 Å². The van der Waals surface area contributed by atoms with Crippen LogP contribution in [0, 0.1) is 4.77 Å². The number of H-pyrrole nitrogens is 1. The summed E-state index contributed by atoms with van der Waals surface area (Å²) in [6, 6.07) is 10.1. The van der Waals surface area contributed by atoms with Crippen LogP contribution in [0.15, 0.2) is 41.2 Å². The van der Waals surface area contributed by atoms with Crippen molar-refractivity contribution in [3.8, 4) is 17.2 Å². The van der Waals surface area contributed by atoms with E-state index in [1.807, 2.05) is 13.8 Å². The van der Waals surface area contributed by atoms with E-state index in [0.29, 0.717) is 46.7 Å². The Morgan fingerprint density at radius 1 is 1.10 bits per heavy atom. The molecule has 0 spiro atoms. The number of aromatic nitrogens is 2. The maximum absolute atomic E-state index is 13.2. The molecule has 1 N–H and O–H groups in total. The Bertz CT molecular complexity index is 1180. The van der Waals surface area contributed by atoms with Crippen LogP contribution >= 0.6 is 12.2 Å². The molecule has 7 nitrogen and oxygen atoms in total. The van der Waals surface area contributed by atoms with Gasteiger partial charge in [-0.2, -0.15) is 0 Å². The number of amides is 1. The smallest absolute Gasteiger partial charge is 0.266 e. The zero-order valence-electron chi connectivity index (χ0n) is 16.8. The van der Waals surface area contributed by atoms with E-state index in [2.05, 4.69) is 4.98 Å². The maximum Gasteiger partial charge on any atom is 0.266 e. The topological polar surface area (TPSA) is 76.6 Å². The van der Waals surface area contributed by atoms with Crippen LogP contribution in [0.25, 0.3) is 16.6 Å². The summed E-state index contributed by atoms with van der Waals surface area (Å²) < 4.78 is 12.2. The summed E-state index contributed by atoms with van der Waals surface area (Å²) in [5, 5.41) is 0.424. The quantitative estimate of drug-likeness (QED) is 0.626. The number of methoxy groups -OCH3 is 2. The van der Waals surface area contributed by atoms with E-state index in [0.717, 1.165) is 0 Å². The Labute approximate surface area is 173 Å². The van der Waals surface area contributed by atoms with Gasteiger partial charge >= 0.3 is 0 Å². The zero-order valence-corrected chi connectivity index (χ0v) is 17.6. The largest absolute Gasteiger partial charge is 0.497 e. The van der Waals surface area contributed by atoms with E-state index in [-0.39, 0.29) is 16.2 Å². The lowest BCUT2D eigenvalue weighted by atomic mass is 10.1. The number of hydrogen-bond donors (Lipinski definition) is 1. The fourth-order valence-corrected chi connectivity index (χ4v) is 3.52. The normalized spacial score (nSPS) is 10.8. The number of carbonyl (C=O) groups excluding carboxylic acids is 1. The second-order valence-corrected chi connectivity index (χ2v) is 6.73. The highest BCUT2D eigenvalue weighted by molar-refractivity contribution is 7.71. The van der Waals surface area contributed by atoms with Crippen LogP contribution in [-0.2, 0) is 0 Å². The molecule has 1 heterocycles. The van der Waals surface area contributed by atoms with Gasteiger partial charge in [0.15, 0.2) is 4.77 Å². The number of fused-ring (bicyclic) bond motifs is 1. The Balaban J connectivity index is 2.19. The first-order valence-electron chi connectivity index (χ1n) is 9.25. The third kappa shape index (κ3) is 3.75. The van der Waals surface area contributed by atoms with Crippen LogP contribution in [0.1, 0.15) is 24.2 Å². The van der Waals surface area contributed by atoms with Gasteiger partial charge in [-0.15, -0.1) is 0 Å². The number of nitrogens with one attached hydrogen (secondary N) is 1. The monoisotopic (exact) mass is 413 g/mol. The first-order chi connectivity index (χ1) is 13.9. The van der Waals surface area contributed by atoms with E-state index in [1.165, 1.54) is 11.7 Å². The minimum atomic E-state index is -0.297. The van der Waals surface area contributed by atoms with Gasteiger partial charge in [0.1, 0.15) is 11.5 Å². The Kier molecular flexibility index (Phi) is 6.03. The second-order valence-electron chi connectivity index (χ2n) is 6.35. The molecule has 0 saturated carbocycles. The summed E-state index contributed by atoms with van der Waals surface area (Å²) in [5.74, 6) is 0.977. The van der Waals surface area contributed by atoms with Crippen LogP contribution in [0.3, 0.4) is 0 Å². The van der Waals surface area contributed by atoms with E-state index >= 15 is 0 Å². The standard InChI is InChI=1S/C21H23N3O4S/c1-5-23(6-2)19(25)13-7-9-15-16(11-13)22-21(29)24(20(15)26)17-10-8-14(27-3)12-18(17)28-4/h7-12H,5-6H2,1-4H3,(H,22,29). The van der Waals surface area contributed by atoms with Gasteiger partial charge in [0.25, 0.3) is 11.5 Å². The van der Waals surface area contributed by atoms with Crippen molar-refractivity contribution in [2.24, 2.45) is 0 Å². The summed E-state index contributed by atoms with van der Waals surface area (Å²) in [6.07, 6.45) is 0. The Morgan fingerprint density at radius 2 is 1.83 bits per heavy atom. The summed E-state index contributed by atoms with van der Waals surface area (Å²) in [7, 11) is 3.07. The van der Waals surface area contributed by atoms with Gasteiger partial charge in [-0.05, 0) is 56.4 Å². The van der Waals surface area contributed by atoms with Crippen molar-refractivity contribution in [3.63, 3.8) is 0 Å². The molecule has 8 heteroatoms. The van der Waals surface area contributed by atoms with Gasteiger partial charge in [-0.3, -0.25) is 9.59 Å². The summed E-state index contributed by atoms with van der Waals surface area (Å²) in [4.78, 5) is 30.6. The molecule has 3 aromatic rings. The fourth-order valence-electron chi connectivity index (χ4n) is 3.23. The van der Waals surface area contributed by atoms with Crippen molar-refractivity contribution in [1.82, 2.24) is 14.5 Å². The predicted octanol–water partition coefficient (Wildman–Crippen LogP) is 3.55. The van der Waals surface area contributed by atoms with E-state index in [9.17, 15) is 9.59 Å². The molecule has 0 aliphatic carbocycles. The molecule has 0 aliphatic rings. The average Bonchev–Trinajstić information content (AvgIpc) is 2.74. The van der Waals surface area contributed by atoms with Gasteiger partial charge in [0.2, 0.25) is 0 Å². The summed E-state index contributed by atoms with van der Waals surface area (Å²) >= 11 is 5.45. The third-order valence-electron chi connectivity index (χ3n) is 4.82. The number of aromatic amines is 1. The highest BCUT2D eigenvalue weighted by atomic mass is 32.1. The lowest BCUT2D eigenvalue weighted by Crippen LogP contribution is -2.30. The number of carbonyl (C=O) groups is 1. The van der Waals surface area contributed by atoms with Crippen LogP contribution in [0.4, 0.5) is 0 Å². The molecular formula is C21H23N3O4S. The minimum Gasteiger partial charge on any atom is -0.497 e. The molecular weight excluding hydrogens is 390 g/mol. The maximum atomic E-state index is 13.2. The van der Waals surface area contributed by atoms with Crippen molar-refractivity contribution in [3.05, 3.63) is 57.1 Å². The highest BCUT2D eigenvalue weighted by Crippen LogP contribution is 2.27. The van der Waals surface area contributed by atoms with Crippen molar-refractivity contribution in [1.29, 1.82) is 0 Å². The lowest BCUT2D eigenvalue weighted by Gasteiger charge is -2.19. The molecule has 3 rings (SSSR count). The Morgan fingerprint density at radius 3 is 2.45 bits per heavy atom. The molecule has 0 aliphatic heterocycles. The van der Waals surface area contributed by atoms with Crippen molar-refractivity contribution < 1.29 is 14.3 Å². The van der Waals surface area contributed by atoms with E-state index in [4.69, 9.17) is 21.7 Å². The fraction of sp³-hybridized carbons (Fsp3) is 0.286. The van der Waals surface area contributed by atoms with Crippen LogP contribution in [0.5, 0.6) is 11.5 Å². The summed E-state index contributed by atoms with van der Waals surface area (Å²) in [6.45, 7) is 5.08. The van der Waals surface area contributed by atoms with Gasteiger partial charge in [0, 0.05) is 24.7 Å². The number of nitrogens with zero attached hydrogens (tertiary/aromatic N) is 2. The number of benzene rings is 2. The van der Waals surface area contributed by atoms with Crippen molar-refractivity contribution in [2.45, 2.75) is 13.8 Å². The van der Waals surface area contributed by atoms with Gasteiger partial charge in [-0.25, -0.2) is 4.57 Å². The van der Waals surface area contributed by atoms with Crippen molar-refractivity contribution >= 4 is 29.0 Å². The van der Waals surface area contributed by atoms with Gasteiger partial charge in [0.05, 0.1) is 30.8 Å². The number of ether oxygens (including phenoxy) is 2. The predicted molar refractivity (Wildman–Crippen MR) is 115 cm³/mol. The molecule has 0 saturated heterocycles. The van der Waals surface area contributed by atoms with Gasteiger partial charge < -0.3 is 19.4 Å². The lowest BCUT2D eigenvalue weighted by molar-refractivity contribution is 0.0773. The van der Waals surface area contributed by atoms with Crippen LogP contribution in [0.2, 0.25) is 0 Å². The van der Waals surface area contributed by atoms with E-state index < -0.39 is 0 Å². The minimum absolute atomic E-state index is 0.0859. The molecule has 0 unspecified atom stereocenters. The molecule has 0 fully saturated rings. The first-order valence-corrected chi connectivity index (χ1v) is 9.66. The second kappa shape index (κ2) is 8.48. The molecule has 1 amide bonds. The molecule has 0 atom stereocenters. The molecule has 152 valence electrons. The SMILES string of the molecule is CCN(CC)C(=O)c1ccc2c(=O)n(-c3ccc(OC)cc3OC)c(=S)[nH]c2c1. The molecule has 29 heavy (non-hydrogen) atoms. The molecule has 2 aromatic carbocycles. The first kappa shape index (κ1) is 20.6. The van der Waals surface area contributed by atoms with E-state index in [1.54, 1.807) is 48.4 Å². The molecule has 1 aromatic heterocycles. The molecule has 0 radical (unpaired) electrons. The summed E-state index contributed by atoms with van der Waals surface area (Å²) in [5.41, 5.74) is 1.23. The van der Waals surface area contributed by atoms with Crippen LogP contribution in [-0.4, -0.2) is 47.7 Å². The molecule has 0 bridgehead atoms. The number of hydrogen-bond acceptors (Lipinski definition) is 5. The zero-order chi connectivity index (χ0) is 21.1. The third-order valence-corrected chi connectivity index (χ3v) is 5.11. The number of rotatable bonds is 6. The highest BCUT2D eigenvalue weighted by Gasteiger charge is 2.16. The average molecular weight is 413 g/mol. The Hall–Kier alpha value is -3.13.